The third-order valence-electron chi connectivity index (χ3n) is 2.79. The normalized spacial score (nSPS) is 10.7. The van der Waals surface area contributed by atoms with Crippen molar-refractivity contribution >= 4 is 49.4 Å². The van der Waals surface area contributed by atoms with Crippen LogP contribution in [0.2, 0.25) is 0 Å². The van der Waals surface area contributed by atoms with Crippen molar-refractivity contribution in [3.63, 3.8) is 0 Å². The molecule has 0 aliphatic rings. The molecule has 0 radical (unpaired) electrons. The molecule has 5 nitrogen and oxygen atoms in total. The molecule has 0 aliphatic heterocycles. The van der Waals surface area contributed by atoms with Crippen LogP contribution in [0.15, 0.2) is 27.2 Å². The number of amides is 1. The predicted octanol–water partition coefficient (Wildman–Crippen LogP) is 3.83. The lowest BCUT2D eigenvalue weighted by Crippen LogP contribution is -2.30. The van der Waals surface area contributed by atoms with Crippen LogP contribution in [0.25, 0.3) is 0 Å². The van der Waals surface area contributed by atoms with Crippen LogP contribution in [-0.2, 0) is 14.3 Å². The van der Waals surface area contributed by atoms with Crippen LogP contribution in [-0.4, -0.2) is 32.1 Å². The Balaban J connectivity index is 3.17. The Morgan fingerprint density at radius 3 is 2.57 bits per heavy atom. The molecular formula is C15H16Br2FNO4. The Hall–Kier alpha value is -1.41. The van der Waals surface area contributed by atoms with Crippen molar-refractivity contribution in [2.75, 3.05) is 25.2 Å². The van der Waals surface area contributed by atoms with E-state index in [9.17, 15) is 14.0 Å². The molecule has 1 rings (SSSR count). The number of ether oxygens (including phenoxy) is 2. The van der Waals surface area contributed by atoms with Gasteiger partial charge < -0.3 is 14.4 Å². The van der Waals surface area contributed by atoms with Crippen molar-refractivity contribution in [2.45, 2.75) is 13.8 Å². The summed E-state index contributed by atoms with van der Waals surface area (Å²) in [5.74, 6) is -1.15. The molecule has 0 unspecified atom stereocenters. The Morgan fingerprint density at radius 2 is 2.04 bits per heavy atom. The molecule has 0 aliphatic carbocycles. The average Bonchev–Trinajstić information content (AvgIpc) is 2.45. The zero-order chi connectivity index (χ0) is 17.6. The van der Waals surface area contributed by atoms with Gasteiger partial charge in [0.1, 0.15) is 11.6 Å². The van der Waals surface area contributed by atoms with Crippen LogP contribution >= 0.6 is 31.9 Å². The number of hydrogen-bond acceptors (Lipinski definition) is 4. The van der Waals surface area contributed by atoms with Gasteiger partial charge in [0.05, 0.1) is 28.3 Å². The molecule has 0 atom stereocenters. The number of halogens is 3. The summed E-state index contributed by atoms with van der Waals surface area (Å²) in [5, 5.41) is 0. The topological polar surface area (TPSA) is 55.8 Å². The minimum atomic E-state index is -0.607. The quantitative estimate of drug-likeness (QED) is 0.486. The Kier molecular flexibility index (Phi) is 7.70. The van der Waals surface area contributed by atoms with E-state index in [1.54, 1.807) is 6.92 Å². The first-order chi connectivity index (χ1) is 10.8. The van der Waals surface area contributed by atoms with E-state index in [-0.39, 0.29) is 24.7 Å². The van der Waals surface area contributed by atoms with Crippen LogP contribution < -0.4 is 9.64 Å². The summed E-state index contributed by atoms with van der Waals surface area (Å²) in [4.78, 5) is 24.3. The van der Waals surface area contributed by atoms with Crippen molar-refractivity contribution in [3.8, 4) is 5.75 Å². The van der Waals surface area contributed by atoms with Gasteiger partial charge in [0.2, 0.25) is 5.91 Å². The van der Waals surface area contributed by atoms with Crippen molar-refractivity contribution in [1.82, 2.24) is 0 Å². The summed E-state index contributed by atoms with van der Waals surface area (Å²) < 4.78 is 25.0. The maximum atomic E-state index is 14.3. The molecule has 126 valence electrons. The van der Waals surface area contributed by atoms with Crippen molar-refractivity contribution in [2.24, 2.45) is 0 Å². The molecule has 1 amide bonds. The molecule has 23 heavy (non-hydrogen) atoms. The molecule has 0 spiro atoms. The fourth-order valence-corrected chi connectivity index (χ4v) is 3.42. The summed E-state index contributed by atoms with van der Waals surface area (Å²) in [5.41, 5.74) is 0.0334. The zero-order valence-corrected chi connectivity index (χ0v) is 16.0. The Labute approximate surface area is 150 Å². The number of benzene rings is 1. The number of methoxy groups -OCH3 is 1. The molecule has 8 heteroatoms. The highest BCUT2D eigenvalue weighted by atomic mass is 79.9. The highest BCUT2D eigenvalue weighted by Gasteiger charge is 2.23. The summed E-state index contributed by atoms with van der Waals surface area (Å²) >= 11 is 6.45. The van der Waals surface area contributed by atoms with Crippen molar-refractivity contribution in [1.29, 1.82) is 0 Å². The molecule has 0 fully saturated rings. The minimum Gasteiger partial charge on any atom is -0.494 e. The maximum Gasteiger partial charge on any atom is 0.330 e. The largest absolute Gasteiger partial charge is 0.494 e. The maximum absolute atomic E-state index is 14.3. The number of carbonyl (C=O) groups excluding carboxylic acids is 2. The highest BCUT2D eigenvalue weighted by Crippen LogP contribution is 2.42. The van der Waals surface area contributed by atoms with Gasteiger partial charge in [-0.05, 0) is 44.8 Å². The van der Waals surface area contributed by atoms with Gasteiger partial charge in [-0.15, -0.1) is 0 Å². The number of rotatable bonds is 6. The van der Waals surface area contributed by atoms with Crippen LogP contribution in [0.3, 0.4) is 0 Å². The average molecular weight is 453 g/mol. The molecule has 0 N–H and O–H groups in total. The van der Waals surface area contributed by atoms with Gasteiger partial charge in [0.25, 0.3) is 0 Å². The molecule has 0 saturated carbocycles. The van der Waals surface area contributed by atoms with E-state index in [2.05, 4.69) is 31.9 Å². The van der Waals surface area contributed by atoms with Gasteiger partial charge in [0.15, 0.2) is 0 Å². The molecular weight excluding hydrogens is 437 g/mol. The third kappa shape index (κ3) is 5.04. The first kappa shape index (κ1) is 19.6. The molecule has 0 bridgehead atoms. The fraction of sp³-hybridized carbons (Fsp3) is 0.333. The summed E-state index contributed by atoms with van der Waals surface area (Å²) in [6.45, 7) is 3.25. The van der Waals surface area contributed by atoms with Gasteiger partial charge in [-0.3, -0.25) is 4.79 Å². The van der Waals surface area contributed by atoms with Crippen molar-refractivity contribution < 1.29 is 23.5 Å². The first-order valence-electron chi connectivity index (χ1n) is 6.66. The number of carbonyl (C=O) groups is 2. The number of anilines is 1. The Bertz CT molecular complexity index is 634. The number of nitrogens with zero attached hydrogens (tertiary/aromatic N) is 1. The molecule has 0 aromatic heterocycles. The molecule has 0 heterocycles. The number of esters is 1. The third-order valence-corrected chi connectivity index (χ3v) is 4.11. The van der Waals surface area contributed by atoms with E-state index in [4.69, 9.17) is 9.47 Å². The van der Waals surface area contributed by atoms with Gasteiger partial charge in [-0.2, -0.15) is 0 Å². The van der Waals surface area contributed by atoms with E-state index < -0.39 is 11.8 Å². The summed E-state index contributed by atoms with van der Waals surface area (Å²) in [6.07, 6.45) is 2.63. The second-order valence-electron chi connectivity index (χ2n) is 4.32. The Morgan fingerprint density at radius 1 is 1.39 bits per heavy atom. The second kappa shape index (κ2) is 9.02. The minimum absolute atomic E-state index is 0.00839. The van der Waals surface area contributed by atoms with Gasteiger partial charge in [0, 0.05) is 19.5 Å². The fourth-order valence-electron chi connectivity index (χ4n) is 1.82. The lowest BCUT2D eigenvalue weighted by molar-refractivity contribution is -0.137. The van der Waals surface area contributed by atoms with Crippen LogP contribution in [0, 0.1) is 5.82 Å². The number of hydrogen-bond donors (Lipinski definition) is 0. The smallest absolute Gasteiger partial charge is 0.330 e. The SMILES string of the molecule is CCOC(=O)C=CCN(C(C)=O)c1c(F)cc(Br)c(OC)c1Br. The van der Waals surface area contributed by atoms with Crippen LogP contribution in [0.5, 0.6) is 5.75 Å². The van der Waals surface area contributed by atoms with E-state index >= 15 is 0 Å². The van der Waals surface area contributed by atoms with Crippen LogP contribution in [0.4, 0.5) is 10.1 Å². The first-order valence-corrected chi connectivity index (χ1v) is 8.24. The van der Waals surface area contributed by atoms with E-state index in [0.29, 0.717) is 14.7 Å². The molecule has 0 saturated heterocycles. The van der Waals surface area contributed by atoms with Gasteiger partial charge in [-0.25, -0.2) is 9.18 Å². The van der Waals surface area contributed by atoms with E-state index in [0.717, 1.165) is 0 Å². The molecule has 1 aromatic carbocycles. The van der Waals surface area contributed by atoms with E-state index in [1.807, 2.05) is 0 Å². The lowest BCUT2D eigenvalue weighted by atomic mass is 10.2. The van der Waals surface area contributed by atoms with E-state index in [1.165, 1.54) is 37.2 Å². The lowest BCUT2D eigenvalue weighted by Gasteiger charge is -2.23. The van der Waals surface area contributed by atoms with Crippen LogP contribution in [0.1, 0.15) is 13.8 Å². The summed E-state index contributed by atoms with van der Waals surface area (Å²) in [6, 6.07) is 1.21. The zero-order valence-electron chi connectivity index (χ0n) is 12.9. The second-order valence-corrected chi connectivity index (χ2v) is 5.97. The summed E-state index contributed by atoms with van der Waals surface area (Å²) in [7, 11) is 1.44. The van der Waals surface area contributed by atoms with Gasteiger partial charge in [-0.1, -0.05) is 6.08 Å². The van der Waals surface area contributed by atoms with Crippen molar-refractivity contribution in [3.05, 3.63) is 33.0 Å². The molecule has 1 aromatic rings. The highest BCUT2D eigenvalue weighted by molar-refractivity contribution is 9.11. The van der Waals surface area contributed by atoms with Gasteiger partial charge >= 0.3 is 5.97 Å². The standard InChI is InChI=1S/C15H16Br2FNO4/c1-4-23-12(21)6-5-7-19(9(2)20)14-11(18)8-10(16)15(22-3)13(14)17/h5-6,8H,4,7H2,1-3H3. The predicted molar refractivity (Wildman–Crippen MR) is 92.2 cm³/mol. The monoisotopic (exact) mass is 451 g/mol.